The maximum absolute atomic E-state index is 10.5. The Labute approximate surface area is 172 Å². The average molecular weight is 407 g/mol. The van der Waals surface area contributed by atoms with Gasteiger partial charge in [0.15, 0.2) is 0 Å². The number of ether oxygens (including phenoxy) is 1. The Morgan fingerprint density at radius 1 is 1.18 bits per heavy atom. The summed E-state index contributed by atoms with van der Waals surface area (Å²) in [5, 5.41) is 5.22. The molecule has 0 atom stereocenters. The normalized spacial score (nSPS) is 14.1. The zero-order valence-corrected chi connectivity index (χ0v) is 18.4. The van der Waals surface area contributed by atoms with Crippen molar-refractivity contribution in [3.8, 4) is 0 Å². The lowest BCUT2D eigenvalue weighted by Crippen LogP contribution is -2.30. The highest BCUT2D eigenvalue weighted by Crippen LogP contribution is 2.33. The van der Waals surface area contributed by atoms with Crippen LogP contribution < -0.4 is 10.2 Å². The monoisotopic (exact) mass is 406 g/mol. The van der Waals surface area contributed by atoms with Crippen molar-refractivity contribution in [1.29, 1.82) is 0 Å². The molecule has 0 aliphatic carbocycles. The third-order valence-electron chi connectivity index (χ3n) is 4.38. The number of pyridine rings is 2. The largest absolute Gasteiger partial charge is 0.444 e. The lowest BCUT2D eigenvalue weighted by atomic mass is 9.99. The summed E-state index contributed by atoms with van der Waals surface area (Å²) in [7, 11) is 1.54. The van der Waals surface area contributed by atoms with Crippen LogP contribution in [0, 0.1) is 0 Å². The van der Waals surface area contributed by atoms with Crippen LogP contribution in [0.3, 0.4) is 0 Å². The Morgan fingerprint density at radius 3 is 2.32 bits per heavy atom. The number of carbonyl (C=O) groups excluding carboxylic acids is 1. The summed E-state index contributed by atoms with van der Waals surface area (Å²) in [5.41, 5.74) is 0.849. The topological polar surface area (TPSA) is 67.4 Å². The molecule has 1 aliphatic rings. The molecular formula is C21H31ClN4O2. The predicted octanol–water partition coefficient (Wildman–Crippen LogP) is 5.15. The smallest absolute Gasteiger partial charge is 0.407 e. The maximum atomic E-state index is 10.5. The standard InChI is InChI=1S/C15H18ClN3.C6H13NO2/c1-10(2)12-8-18-15(19-5-3-4-6-19)13-9-17-14(16)7-11(12)13;1-6(2,3)9-5(8)7-4/h7-10H,3-6H2,1-2H3;1-4H3,(H,7,8). The van der Waals surface area contributed by atoms with Gasteiger partial charge >= 0.3 is 6.09 Å². The quantitative estimate of drug-likeness (QED) is 0.698. The number of carbonyl (C=O) groups is 1. The Kier molecular flexibility index (Phi) is 7.47. The summed E-state index contributed by atoms with van der Waals surface area (Å²) in [4.78, 5) is 21.8. The van der Waals surface area contributed by atoms with Crippen LogP contribution in [0.4, 0.5) is 10.6 Å². The third kappa shape index (κ3) is 5.96. The predicted molar refractivity (Wildman–Crippen MR) is 115 cm³/mol. The number of hydrogen-bond donors (Lipinski definition) is 1. The highest BCUT2D eigenvalue weighted by Gasteiger charge is 2.18. The highest BCUT2D eigenvalue weighted by atomic mass is 35.5. The molecule has 1 saturated heterocycles. The Hall–Kier alpha value is -2.08. The number of anilines is 1. The van der Waals surface area contributed by atoms with E-state index in [1.807, 2.05) is 39.2 Å². The van der Waals surface area contributed by atoms with E-state index < -0.39 is 0 Å². The second-order valence-electron chi connectivity index (χ2n) is 8.19. The molecule has 7 heteroatoms. The van der Waals surface area contributed by atoms with Gasteiger partial charge < -0.3 is 15.0 Å². The maximum Gasteiger partial charge on any atom is 0.407 e. The first-order valence-electron chi connectivity index (χ1n) is 9.72. The van der Waals surface area contributed by atoms with E-state index >= 15 is 0 Å². The molecule has 3 rings (SSSR count). The molecule has 1 aliphatic heterocycles. The van der Waals surface area contributed by atoms with E-state index in [-0.39, 0.29) is 11.7 Å². The van der Waals surface area contributed by atoms with Crippen molar-refractivity contribution in [1.82, 2.24) is 15.3 Å². The van der Waals surface area contributed by atoms with Gasteiger partial charge in [0.05, 0.1) is 0 Å². The fraction of sp³-hybridized carbons (Fsp3) is 0.571. The minimum absolute atomic E-state index is 0.387. The van der Waals surface area contributed by atoms with Gasteiger partial charge in [0.1, 0.15) is 16.6 Å². The summed E-state index contributed by atoms with van der Waals surface area (Å²) in [5.74, 6) is 1.49. The third-order valence-corrected chi connectivity index (χ3v) is 4.59. The van der Waals surface area contributed by atoms with E-state index in [1.165, 1.54) is 30.8 Å². The van der Waals surface area contributed by atoms with Crippen molar-refractivity contribution in [3.05, 3.63) is 29.2 Å². The zero-order valence-electron chi connectivity index (χ0n) is 17.7. The molecule has 0 aromatic carbocycles. The summed E-state index contributed by atoms with van der Waals surface area (Å²) in [6.45, 7) is 12.0. The van der Waals surface area contributed by atoms with E-state index in [2.05, 4.69) is 34.0 Å². The molecule has 0 bridgehead atoms. The van der Waals surface area contributed by atoms with Gasteiger partial charge in [-0.05, 0) is 56.5 Å². The molecule has 0 unspecified atom stereocenters. The van der Waals surface area contributed by atoms with Crippen LogP contribution in [0.15, 0.2) is 18.5 Å². The molecular weight excluding hydrogens is 376 g/mol. The van der Waals surface area contributed by atoms with Gasteiger partial charge in [-0.2, -0.15) is 0 Å². The van der Waals surface area contributed by atoms with Crippen LogP contribution in [-0.2, 0) is 4.74 Å². The molecule has 1 fully saturated rings. The number of nitrogens with one attached hydrogen (secondary N) is 1. The van der Waals surface area contributed by atoms with E-state index in [0.717, 1.165) is 24.3 Å². The molecule has 154 valence electrons. The van der Waals surface area contributed by atoms with Crippen LogP contribution in [-0.4, -0.2) is 41.8 Å². The first kappa shape index (κ1) is 22.2. The number of fused-ring (bicyclic) bond motifs is 1. The number of amides is 1. The van der Waals surface area contributed by atoms with E-state index in [1.54, 1.807) is 0 Å². The SMILES string of the molecule is CC(C)c1cnc(N2CCCC2)c2cnc(Cl)cc12.CNC(=O)OC(C)(C)C. The van der Waals surface area contributed by atoms with Gasteiger partial charge in [0.2, 0.25) is 0 Å². The summed E-state index contributed by atoms with van der Waals surface area (Å²) >= 11 is 6.06. The van der Waals surface area contributed by atoms with E-state index in [9.17, 15) is 4.79 Å². The summed E-state index contributed by atoms with van der Waals surface area (Å²) in [6.07, 6.45) is 5.97. The second-order valence-corrected chi connectivity index (χ2v) is 8.58. The molecule has 3 heterocycles. The summed E-state index contributed by atoms with van der Waals surface area (Å²) < 4.78 is 4.84. The molecule has 1 amide bonds. The fourth-order valence-electron chi connectivity index (χ4n) is 3.09. The number of rotatable bonds is 2. The van der Waals surface area contributed by atoms with Gasteiger partial charge in [-0.1, -0.05) is 25.4 Å². The number of alkyl carbamates (subject to hydrolysis) is 1. The second kappa shape index (κ2) is 9.41. The number of hydrogen-bond acceptors (Lipinski definition) is 5. The molecule has 6 nitrogen and oxygen atoms in total. The first-order valence-corrected chi connectivity index (χ1v) is 10.1. The fourth-order valence-corrected chi connectivity index (χ4v) is 3.24. The molecule has 2 aromatic rings. The van der Waals surface area contributed by atoms with Crippen molar-refractivity contribution >= 4 is 34.3 Å². The highest BCUT2D eigenvalue weighted by molar-refractivity contribution is 6.30. The van der Waals surface area contributed by atoms with Crippen molar-refractivity contribution in [2.75, 3.05) is 25.0 Å². The first-order chi connectivity index (χ1) is 13.1. The lowest BCUT2D eigenvalue weighted by Gasteiger charge is -2.20. The van der Waals surface area contributed by atoms with Gasteiger partial charge in [-0.15, -0.1) is 0 Å². The van der Waals surface area contributed by atoms with Crippen LogP contribution >= 0.6 is 11.6 Å². The Morgan fingerprint density at radius 2 is 1.82 bits per heavy atom. The number of halogens is 1. The Bertz CT molecular complexity index is 812. The Balaban J connectivity index is 0.000000266. The van der Waals surface area contributed by atoms with Crippen LogP contribution in [0.1, 0.15) is 58.9 Å². The molecule has 2 aromatic heterocycles. The van der Waals surface area contributed by atoms with Gasteiger partial charge in [0, 0.05) is 37.9 Å². The molecule has 0 radical (unpaired) electrons. The molecule has 0 saturated carbocycles. The van der Waals surface area contributed by atoms with Crippen LogP contribution in [0.2, 0.25) is 5.15 Å². The van der Waals surface area contributed by atoms with Crippen LogP contribution in [0.25, 0.3) is 10.8 Å². The minimum atomic E-state index is -0.389. The lowest BCUT2D eigenvalue weighted by molar-refractivity contribution is 0.0541. The van der Waals surface area contributed by atoms with Gasteiger partial charge in [-0.25, -0.2) is 14.8 Å². The number of nitrogens with zero attached hydrogens (tertiary/aromatic N) is 3. The van der Waals surface area contributed by atoms with Crippen molar-refractivity contribution < 1.29 is 9.53 Å². The zero-order chi connectivity index (χ0) is 20.9. The molecule has 28 heavy (non-hydrogen) atoms. The van der Waals surface area contributed by atoms with Crippen LogP contribution in [0.5, 0.6) is 0 Å². The average Bonchev–Trinajstić information content (AvgIpc) is 3.13. The minimum Gasteiger partial charge on any atom is -0.444 e. The van der Waals surface area contributed by atoms with Crippen molar-refractivity contribution in [2.45, 2.75) is 59.0 Å². The van der Waals surface area contributed by atoms with Gasteiger partial charge in [0.25, 0.3) is 0 Å². The summed E-state index contributed by atoms with van der Waals surface area (Å²) in [6, 6.07) is 1.97. The van der Waals surface area contributed by atoms with Crippen molar-refractivity contribution in [2.24, 2.45) is 0 Å². The van der Waals surface area contributed by atoms with E-state index in [0.29, 0.717) is 11.1 Å². The molecule has 0 spiro atoms. The molecule has 1 N–H and O–H groups in total. The van der Waals surface area contributed by atoms with Gasteiger partial charge in [-0.3, -0.25) is 0 Å². The van der Waals surface area contributed by atoms with E-state index in [4.69, 9.17) is 16.3 Å². The number of aromatic nitrogens is 2. The van der Waals surface area contributed by atoms with Crippen molar-refractivity contribution in [3.63, 3.8) is 0 Å².